The topological polar surface area (TPSA) is 41.1 Å². The highest BCUT2D eigenvalue weighted by Gasteiger charge is 2.19. The normalized spacial score (nSPS) is 29.8. The first-order chi connectivity index (χ1) is 9.24. The largest absolute Gasteiger partial charge is 0.356 e. The van der Waals surface area contributed by atoms with Crippen molar-refractivity contribution < 1.29 is 4.79 Å². The molecule has 1 amide bonds. The van der Waals surface area contributed by atoms with Gasteiger partial charge in [0.2, 0.25) is 5.91 Å². The SMILES string of the molecule is CC1CCCC(CCNC(=O)CCC2CCCN2)C1.Cl. The molecule has 0 radical (unpaired) electrons. The third kappa shape index (κ3) is 6.45. The van der Waals surface area contributed by atoms with Gasteiger partial charge in [-0.2, -0.15) is 0 Å². The number of rotatable bonds is 6. The first kappa shape index (κ1) is 17.8. The van der Waals surface area contributed by atoms with E-state index in [-0.39, 0.29) is 18.3 Å². The van der Waals surface area contributed by atoms with Gasteiger partial charge < -0.3 is 10.6 Å². The van der Waals surface area contributed by atoms with E-state index in [9.17, 15) is 4.79 Å². The smallest absolute Gasteiger partial charge is 0.220 e. The molecule has 1 aliphatic carbocycles. The van der Waals surface area contributed by atoms with Gasteiger partial charge >= 0.3 is 0 Å². The molecule has 0 aromatic carbocycles. The van der Waals surface area contributed by atoms with E-state index in [0.29, 0.717) is 12.5 Å². The van der Waals surface area contributed by atoms with Crippen LogP contribution in [0.25, 0.3) is 0 Å². The summed E-state index contributed by atoms with van der Waals surface area (Å²) in [5.74, 6) is 1.99. The fourth-order valence-electron chi connectivity index (χ4n) is 3.63. The predicted molar refractivity (Wildman–Crippen MR) is 86.3 cm³/mol. The lowest BCUT2D eigenvalue weighted by atomic mass is 9.81. The molecule has 1 heterocycles. The molecule has 118 valence electrons. The molecule has 0 aromatic heterocycles. The van der Waals surface area contributed by atoms with Gasteiger partial charge in [-0.3, -0.25) is 4.79 Å². The molecule has 1 aliphatic heterocycles. The van der Waals surface area contributed by atoms with Crippen LogP contribution in [0.3, 0.4) is 0 Å². The summed E-state index contributed by atoms with van der Waals surface area (Å²) < 4.78 is 0. The van der Waals surface area contributed by atoms with Crippen LogP contribution >= 0.6 is 12.4 Å². The molecular formula is C16H31ClN2O. The molecule has 0 bridgehead atoms. The molecule has 3 atom stereocenters. The monoisotopic (exact) mass is 302 g/mol. The summed E-state index contributed by atoms with van der Waals surface area (Å²) in [5.41, 5.74) is 0. The summed E-state index contributed by atoms with van der Waals surface area (Å²) in [6.45, 7) is 4.37. The van der Waals surface area contributed by atoms with Crippen LogP contribution in [0, 0.1) is 11.8 Å². The van der Waals surface area contributed by atoms with Crippen LogP contribution in [-0.4, -0.2) is 25.0 Å². The average molecular weight is 303 g/mol. The Bertz CT molecular complexity index is 280. The van der Waals surface area contributed by atoms with E-state index in [0.717, 1.165) is 31.3 Å². The maximum absolute atomic E-state index is 11.8. The number of hydrogen-bond acceptors (Lipinski definition) is 2. The Morgan fingerprint density at radius 2 is 2.05 bits per heavy atom. The van der Waals surface area contributed by atoms with Gasteiger partial charge in [0.15, 0.2) is 0 Å². The third-order valence-corrected chi connectivity index (χ3v) is 4.80. The van der Waals surface area contributed by atoms with Crippen LogP contribution in [0.15, 0.2) is 0 Å². The number of hydrogen-bond donors (Lipinski definition) is 2. The number of amides is 1. The van der Waals surface area contributed by atoms with E-state index in [4.69, 9.17) is 0 Å². The average Bonchev–Trinajstić information content (AvgIpc) is 2.89. The summed E-state index contributed by atoms with van der Waals surface area (Å²) in [6, 6.07) is 0.588. The standard InChI is InChI=1S/C16H30N2O.ClH/c1-13-4-2-5-14(12-13)9-11-18-16(19)8-7-15-6-3-10-17-15;/h13-15,17H,2-12H2,1H3,(H,18,19);1H. The van der Waals surface area contributed by atoms with E-state index < -0.39 is 0 Å². The van der Waals surface area contributed by atoms with E-state index in [2.05, 4.69) is 17.6 Å². The molecule has 2 fully saturated rings. The highest BCUT2D eigenvalue weighted by atomic mass is 35.5. The Kier molecular flexibility index (Phi) is 8.55. The van der Waals surface area contributed by atoms with Gasteiger partial charge in [-0.05, 0) is 50.5 Å². The first-order valence-electron chi connectivity index (χ1n) is 8.24. The van der Waals surface area contributed by atoms with Crippen molar-refractivity contribution in [2.75, 3.05) is 13.1 Å². The van der Waals surface area contributed by atoms with Gasteiger partial charge in [-0.15, -0.1) is 12.4 Å². The van der Waals surface area contributed by atoms with Gasteiger partial charge in [0.1, 0.15) is 0 Å². The zero-order chi connectivity index (χ0) is 13.5. The Hall–Kier alpha value is -0.280. The van der Waals surface area contributed by atoms with Crippen LogP contribution in [0.1, 0.15) is 64.7 Å². The lowest BCUT2D eigenvalue weighted by molar-refractivity contribution is -0.121. The Morgan fingerprint density at radius 3 is 2.75 bits per heavy atom. The maximum atomic E-state index is 11.8. The molecule has 0 aromatic rings. The second-order valence-electron chi connectivity index (χ2n) is 6.61. The Balaban J connectivity index is 0.00000200. The molecular weight excluding hydrogens is 272 g/mol. The second kappa shape index (κ2) is 9.62. The van der Waals surface area contributed by atoms with Crippen LogP contribution < -0.4 is 10.6 Å². The number of carbonyl (C=O) groups excluding carboxylic acids is 1. The Morgan fingerprint density at radius 1 is 1.20 bits per heavy atom. The van der Waals surface area contributed by atoms with Gasteiger partial charge in [0.05, 0.1) is 0 Å². The molecule has 1 saturated heterocycles. The van der Waals surface area contributed by atoms with Gasteiger partial charge in [-0.1, -0.05) is 26.2 Å². The van der Waals surface area contributed by atoms with Gasteiger partial charge in [-0.25, -0.2) is 0 Å². The van der Waals surface area contributed by atoms with E-state index in [1.165, 1.54) is 44.9 Å². The van der Waals surface area contributed by atoms with Gasteiger partial charge in [0, 0.05) is 19.0 Å². The van der Waals surface area contributed by atoms with E-state index in [1.54, 1.807) is 0 Å². The number of nitrogens with one attached hydrogen (secondary N) is 2. The summed E-state index contributed by atoms with van der Waals surface area (Å²) in [4.78, 5) is 11.8. The third-order valence-electron chi connectivity index (χ3n) is 4.80. The number of carbonyl (C=O) groups is 1. The fraction of sp³-hybridized carbons (Fsp3) is 0.938. The van der Waals surface area contributed by atoms with Crippen molar-refractivity contribution in [2.45, 2.75) is 70.8 Å². The molecule has 3 nitrogen and oxygen atoms in total. The lowest BCUT2D eigenvalue weighted by Gasteiger charge is -2.26. The minimum absolute atomic E-state index is 0. The molecule has 4 heteroatoms. The lowest BCUT2D eigenvalue weighted by Crippen LogP contribution is -2.29. The molecule has 20 heavy (non-hydrogen) atoms. The van der Waals surface area contributed by atoms with Crippen molar-refractivity contribution >= 4 is 18.3 Å². The van der Waals surface area contributed by atoms with Crippen molar-refractivity contribution in [3.63, 3.8) is 0 Å². The summed E-state index contributed by atoms with van der Waals surface area (Å²) in [6.07, 6.45) is 10.9. The molecule has 2 aliphatic rings. The van der Waals surface area contributed by atoms with Crippen molar-refractivity contribution in [2.24, 2.45) is 11.8 Å². The van der Waals surface area contributed by atoms with Crippen molar-refractivity contribution in [3.05, 3.63) is 0 Å². The zero-order valence-electron chi connectivity index (χ0n) is 12.8. The van der Waals surface area contributed by atoms with Crippen molar-refractivity contribution in [3.8, 4) is 0 Å². The predicted octanol–water partition coefficient (Wildman–Crippen LogP) is 3.27. The van der Waals surface area contributed by atoms with Crippen LogP contribution in [-0.2, 0) is 4.79 Å². The minimum Gasteiger partial charge on any atom is -0.356 e. The first-order valence-corrected chi connectivity index (χ1v) is 8.24. The highest BCUT2D eigenvalue weighted by Crippen LogP contribution is 2.30. The maximum Gasteiger partial charge on any atom is 0.220 e. The fourth-order valence-corrected chi connectivity index (χ4v) is 3.63. The van der Waals surface area contributed by atoms with Crippen molar-refractivity contribution in [1.82, 2.24) is 10.6 Å². The van der Waals surface area contributed by atoms with Crippen LogP contribution in [0.2, 0.25) is 0 Å². The molecule has 0 spiro atoms. The van der Waals surface area contributed by atoms with Crippen LogP contribution in [0.5, 0.6) is 0 Å². The van der Waals surface area contributed by atoms with Crippen LogP contribution in [0.4, 0.5) is 0 Å². The van der Waals surface area contributed by atoms with E-state index in [1.807, 2.05) is 0 Å². The number of halogens is 1. The summed E-state index contributed by atoms with van der Waals surface area (Å²) >= 11 is 0. The molecule has 2 N–H and O–H groups in total. The van der Waals surface area contributed by atoms with E-state index >= 15 is 0 Å². The highest BCUT2D eigenvalue weighted by molar-refractivity contribution is 5.85. The van der Waals surface area contributed by atoms with Gasteiger partial charge in [0.25, 0.3) is 0 Å². The molecule has 3 unspecified atom stereocenters. The summed E-state index contributed by atoms with van der Waals surface area (Å²) in [7, 11) is 0. The Labute approximate surface area is 130 Å². The minimum atomic E-state index is 0. The zero-order valence-corrected chi connectivity index (χ0v) is 13.6. The quantitative estimate of drug-likeness (QED) is 0.790. The molecule has 2 rings (SSSR count). The second-order valence-corrected chi connectivity index (χ2v) is 6.61. The van der Waals surface area contributed by atoms with Crippen molar-refractivity contribution in [1.29, 1.82) is 0 Å². The summed E-state index contributed by atoms with van der Waals surface area (Å²) in [5, 5.41) is 6.55. The molecule has 1 saturated carbocycles.